The van der Waals surface area contributed by atoms with E-state index in [1.165, 1.54) is 21.3 Å². The summed E-state index contributed by atoms with van der Waals surface area (Å²) in [4.78, 5) is 0. The van der Waals surface area contributed by atoms with Crippen LogP contribution in [0.25, 0.3) is 33.4 Å². The fraction of sp³-hybridized carbons (Fsp3) is 0.400. The summed E-state index contributed by atoms with van der Waals surface area (Å²) < 4.78 is 199. The zero-order chi connectivity index (χ0) is 56.8. The molecule has 0 amide bonds. The monoisotopic (exact) mass is 1070 g/mol. The van der Waals surface area contributed by atoms with Crippen LogP contribution in [0.2, 0.25) is 0 Å². The molecule has 0 aromatic heterocycles. The fourth-order valence-corrected chi connectivity index (χ4v) is 10.9. The average Bonchev–Trinajstić information content (AvgIpc) is 3.43. The first-order valence-corrected chi connectivity index (χ1v) is 24.4. The second kappa shape index (κ2) is 19.5. The van der Waals surface area contributed by atoms with Gasteiger partial charge in [-0.05, 0) is 132 Å². The van der Waals surface area contributed by atoms with Crippen molar-refractivity contribution in [2.45, 2.75) is 130 Å². The van der Waals surface area contributed by atoms with Crippen LogP contribution < -0.4 is 9.47 Å². The van der Waals surface area contributed by atoms with E-state index in [2.05, 4.69) is 0 Å². The molecule has 2 atom stereocenters. The summed E-state index contributed by atoms with van der Waals surface area (Å²) in [5.74, 6) is -0.0749. The lowest BCUT2D eigenvalue weighted by Crippen LogP contribution is -2.60. The van der Waals surface area contributed by atoms with Crippen LogP contribution in [-0.2, 0) is 59.0 Å². The Bertz CT molecular complexity index is 2970. The number of halogens is 12. The van der Waals surface area contributed by atoms with Gasteiger partial charge in [0.1, 0.15) is 30.6 Å². The molecule has 1 aliphatic rings. The van der Waals surface area contributed by atoms with E-state index in [-0.39, 0.29) is 74.6 Å². The smallest absolute Gasteiger partial charge is 0.416 e. The molecule has 6 aromatic rings. The average molecular weight is 1070 g/mol. The van der Waals surface area contributed by atoms with Crippen LogP contribution in [-0.4, -0.2) is 38.9 Å². The molecule has 1 unspecified atom stereocenters. The molecule has 0 fully saturated rings. The lowest BCUT2D eigenvalue weighted by Gasteiger charge is -2.49. The summed E-state index contributed by atoms with van der Waals surface area (Å²) in [6.45, 7) is 17.8. The lowest BCUT2D eigenvalue weighted by molar-refractivity contribution is -0.963. The van der Waals surface area contributed by atoms with Crippen molar-refractivity contribution >= 4 is 0 Å². The fourth-order valence-electron chi connectivity index (χ4n) is 10.9. The lowest BCUT2D eigenvalue weighted by atomic mass is 9.76. The predicted molar refractivity (Wildman–Crippen MR) is 271 cm³/mol. The van der Waals surface area contributed by atoms with Crippen molar-refractivity contribution in [1.29, 1.82) is 0 Å². The number of hydrogen-bond acceptors (Lipinski definition) is 3. The molecule has 0 spiro atoms. The molecule has 76 heavy (non-hydrogen) atoms. The highest BCUT2D eigenvalue weighted by Gasteiger charge is 2.53. The molecule has 0 radical (unpaired) electrons. The van der Waals surface area contributed by atoms with Gasteiger partial charge in [-0.15, -0.1) is 0 Å². The van der Waals surface area contributed by atoms with E-state index in [1.807, 2.05) is 70.2 Å². The Morgan fingerprint density at radius 3 is 1.11 bits per heavy atom. The van der Waals surface area contributed by atoms with E-state index < -0.39 is 80.6 Å². The maximum atomic E-state index is 15.0. The van der Waals surface area contributed by atoms with E-state index in [4.69, 9.17) is 14.2 Å². The molecule has 0 saturated carbocycles. The van der Waals surface area contributed by atoms with Crippen LogP contribution >= 0.6 is 0 Å². The summed E-state index contributed by atoms with van der Waals surface area (Å²) in [7, 11) is 5.82. The van der Waals surface area contributed by atoms with Gasteiger partial charge in [0.2, 0.25) is 0 Å². The van der Waals surface area contributed by atoms with Gasteiger partial charge in [0.05, 0.1) is 43.5 Å². The highest BCUT2D eigenvalue weighted by Crippen LogP contribution is 2.57. The molecule has 1 heterocycles. The number of hydrogen-bond donors (Lipinski definition) is 0. The Kier molecular flexibility index (Phi) is 14.8. The molecule has 408 valence electrons. The van der Waals surface area contributed by atoms with Crippen LogP contribution in [0, 0.1) is 20.8 Å². The summed E-state index contributed by atoms with van der Waals surface area (Å²) in [6.07, 6.45) is -21.1. The van der Waals surface area contributed by atoms with Gasteiger partial charge in [-0.25, -0.2) is 0 Å². The molecule has 16 heteroatoms. The minimum Gasteiger partial charge on any atom is -0.496 e. The topological polar surface area (TPSA) is 27.7 Å². The van der Waals surface area contributed by atoms with Crippen LogP contribution in [0.1, 0.15) is 121 Å². The first-order chi connectivity index (χ1) is 34.8. The van der Waals surface area contributed by atoms with Gasteiger partial charge in [0.15, 0.2) is 5.60 Å². The normalized spacial score (nSPS) is 15.6. The van der Waals surface area contributed by atoms with Gasteiger partial charge < -0.3 is 18.7 Å². The van der Waals surface area contributed by atoms with Gasteiger partial charge in [-0.3, -0.25) is 0 Å². The Balaban J connectivity index is 1.81. The molecule has 7 rings (SSSR count). The third-order valence-corrected chi connectivity index (χ3v) is 15.1. The number of benzene rings is 6. The zero-order valence-corrected chi connectivity index (χ0v) is 44.9. The van der Waals surface area contributed by atoms with Crippen molar-refractivity contribution in [2.75, 3.05) is 28.4 Å². The van der Waals surface area contributed by atoms with Crippen molar-refractivity contribution in [2.24, 2.45) is 0 Å². The van der Waals surface area contributed by atoms with Gasteiger partial charge in [-0.2, -0.15) is 52.7 Å². The third-order valence-electron chi connectivity index (χ3n) is 15.1. The molecule has 0 aliphatic carbocycles. The number of quaternary nitrogens is 1. The number of nitrogens with zero attached hydrogens (tertiary/aromatic N) is 1. The number of likely N-dealkylation sites (N-methyl/N-ethyl adjacent to an activating group) is 1. The number of methoxy groups -OCH3 is 3. The van der Waals surface area contributed by atoms with Crippen molar-refractivity contribution in [3.05, 3.63) is 163 Å². The maximum absolute atomic E-state index is 15.0. The Morgan fingerprint density at radius 2 is 0.803 bits per heavy atom. The highest BCUT2D eigenvalue weighted by atomic mass is 19.4. The number of aryl methyl sites for hydroxylation is 3. The van der Waals surface area contributed by atoms with Gasteiger partial charge in [-0.1, -0.05) is 89.6 Å². The molecule has 6 aromatic carbocycles. The zero-order valence-electron chi connectivity index (χ0n) is 44.9. The first-order valence-electron chi connectivity index (χ1n) is 24.4. The highest BCUT2D eigenvalue weighted by molar-refractivity contribution is 5.91. The SMILES string of the molecule is COc1c(C(C)(C)C)cc2c(c1-c1cc(C(F)(F)F)cc(C(F)(F)F)c1)C[N+](C)([C@@H](C)C(OC)(c1ccc(C)cc1)c1ccc(C)c(C)c1)Cc1c-2cc(C(C)(C)C)c(OC)c1-c1cc(C(F)(F)F)cc(C(F)(F)F)c1. The third kappa shape index (κ3) is 10.6. The molecular formula is C60H62F12NO3+. The van der Waals surface area contributed by atoms with Crippen LogP contribution in [0.3, 0.4) is 0 Å². The summed E-state index contributed by atoms with van der Waals surface area (Å²) in [5, 5.41) is 0. The van der Waals surface area contributed by atoms with Crippen molar-refractivity contribution in [3.63, 3.8) is 0 Å². The molecule has 4 nitrogen and oxygen atoms in total. The van der Waals surface area contributed by atoms with Crippen molar-refractivity contribution in [1.82, 2.24) is 0 Å². The van der Waals surface area contributed by atoms with Gasteiger partial charge in [0, 0.05) is 40.5 Å². The second-order valence-corrected chi connectivity index (χ2v) is 22.4. The summed E-state index contributed by atoms with van der Waals surface area (Å²) >= 11 is 0. The quantitative estimate of drug-likeness (QED) is 0.107. The van der Waals surface area contributed by atoms with Crippen molar-refractivity contribution in [3.8, 4) is 44.9 Å². The van der Waals surface area contributed by atoms with Gasteiger partial charge >= 0.3 is 24.7 Å². The van der Waals surface area contributed by atoms with E-state index in [1.54, 1.807) is 60.7 Å². The van der Waals surface area contributed by atoms with Crippen LogP contribution in [0.4, 0.5) is 52.7 Å². The second-order valence-electron chi connectivity index (χ2n) is 22.4. The summed E-state index contributed by atoms with van der Waals surface area (Å²) in [6, 6.07) is 18.5. The van der Waals surface area contributed by atoms with Crippen LogP contribution in [0.5, 0.6) is 11.5 Å². The van der Waals surface area contributed by atoms with E-state index in [0.29, 0.717) is 46.5 Å². The number of rotatable bonds is 9. The largest absolute Gasteiger partial charge is 0.496 e. The van der Waals surface area contributed by atoms with Gasteiger partial charge in [0.25, 0.3) is 0 Å². The molecule has 0 bridgehead atoms. The first kappa shape index (κ1) is 57.7. The Morgan fingerprint density at radius 1 is 0.447 bits per heavy atom. The molecule has 1 aliphatic heterocycles. The summed E-state index contributed by atoms with van der Waals surface area (Å²) in [5.41, 5.74) is -5.42. The Labute approximate surface area is 436 Å². The predicted octanol–water partition coefficient (Wildman–Crippen LogP) is 17.7. The van der Waals surface area contributed by atoms with E-state index in [0.717, 1.165) is 16.7 Å². The molecule has 0 N–H and O–H groups in total. The minimum atomic E-state index is -5.26. The van der Waals surface area contributed by atoms with E-state index >= 15 is 0 Å². The van der Waals surface area contributed by atoms with E-state index in [9.17, 15) is 52.7 Å². The Hall–Kier alpha value is -6.00. The number of fused-ring (bicyclic) bond motifs is 3. The number of alkyl halides is 12. The number of ether oxygens (including phenoxy) is 3. The standard InChI is InChI=1S/C60H62F12NO3/c1-32-15-18-38(19-16-32)56(76-14,39-20-17-33(2)34(3)21-39)35(4)73(11)30-46-44(28-48(54(5,6)7)52(74-12)50(46)36-22-40(57(61,62)63)26-41(23-36)58(64,65)66)45-29-49(55(8,9)10)53(75-13)51(47(45)31-73)37-24-42(59(67,68)69)27-43(25-37)60(70,71)72/h15-29,35H,30-31H2,1-14H3/q+1/t35-,56?/m0/s1. The van der Waals surface area contributed by atoms with Crippen molar-refractivity contribution < 1.29 is 71.4 Å². The molecule has 0 saturated heterocycles. The molecular weight excluding hydrogens is 1010 g/mol. The minimum absolute atomic E-state index is 0.0375. The maximum Gasteiger partial charge on any atom is 0.416 e. The van der Waals surface area contributed by atoms with Crippen LogP contribution in [0.15, 0.2) is 91.0 Å².